The first kappa shape index (κ1) is 13.0. The highest BCUT2D eigenvalue weighted by atomic mass is 79.9. The average molecular weight is 302 g/mol. The number of rotatable bonds is 4. The minimum Gasteiger partial charge on any atom is -0.393 e. The van der Waals surface area contributed by atoms with Crippen LogP contribution in [0.4, 0.5) is 4.39 Å². The number of aliphatic hydroxyl groups is 1. The molecule has 2 N–H and O–H groups in total. The van der Waals surface area contributed by atoms with E-state index in [4.69, 9.17) is 0 Å². The SMILES string of the molecule is CC(NCC1CC(O)C1)c1ccc(F)c(Br)c1. The van der Waals surface area contributed by atoms with Crippen molar-refractivity contribution in [2.75, 3.05) is 6.54 Å². The van der Waals surface area contributed by atoms with E-state index >= 15 is 0 Å². The summed E-state index contributed by atoms with van der Waals surface area (Å²) in [6.45, 7) is 2.97. The van der Waals surface area contributed by atoms with Gasteiger partial charge in [0.05, 0.1) is 10.6 Å². The molecule has 1 aromatic carbocycles. The molecule has 0 saturated heterocycles. The van der Waals surface area contributed by atoms with Gasteiger partial charge in [-0.15, -0.1) is 0 Å². The molecule has 17 heavy (non-hydrogen) atoms. The Morgan fingerprint density at radius 1 is 1.53 bits per heavy atom. The minimum atomic E-state index is -0.233. The van der Waals surface area contributed by atoms with E-state index in [1.807, 2.05) is 6.07 Å². The van der Waals surface area contributed by atoms with Gasteiger partial charge in [-0.3, -0.25) is 0 Å². The van der Waals surface area contributed by atoms with Crippen molar-refractivity contribution in [1.82, 2.24) is 5.32 Å². The smallest absolute Gasteiger partial charge is 0.137 e. The molecule has 0 radical (unpaired) electrons. The Balaban J connectivity index is 1.86. The van der Waals surface area contributed by atoms with Gasteiger partial charge in [-0.1, -0.05) is 6.07 Å². The lowest BCUT2D eigenvalue weighted by atomic mass is 9.82. The van der Waals surface area contributed by atoms with Crippen LogP contribution in [0.5, 0.6) is 0 Å². The highest BCUT2D eigenvalue weighted by Crippen LogP contribution is 2.27. The first-order valence-electron chi connectivity index (χ1n) is 5.92. The van der Waals surface area contributed by atoms with Gasteiger partial charge in [-0.2, -0.15) is 0 Å². The molecule has 4 heteroatoms. The summed E-state index contributed by atoms with van der Waals surface area (Å²) in [4.78, 5) is 0. The maximum Gasteiger partial charge on any atom is 0.137 e. The molecule has 2 rings (SSSR count). The van der Waals surface area contributed by atoms with Crippen molar-refractivity contribution in [3.63, 3.8) is 0 Å². The Labute approximate surface area is 109 Å². The van der Waals surface area contributed by atoms with E-state index in [1.165, 1.54) is 6.07 Å². The Bertz CT molecular complexity index is 393. The highest BCUT2D eigenvalue weighted by Gasteiger charge is 2.26. The topological polar surface area (TPSA) is 32.3 Å². The average Bonchev–Trinajstić information content (AvgIpc) is 2.26. The second kappa shape index (κ2) is 5.46. The monoisotopic (exact) mass is 301 g/mol. The lowest BCUT2D eigenvalue weighted by Crippen LogP contribution is -2.36. The van der Waals surface area contributed by atoms with E-state index in [-0.39, 0.29) is 18.0 Å². The van der Waals surface area contributed by atoms with Gasteiger partial charge in [0.2, 0.25) is 0 Å². The van der Waals surface area contributed by atoms with Gasteiger partial charge >= 0.3 is 0 Å². The van der Waals surface area contributed by atoms with Gasteiger partial charge < -0.3 is 10.4 Å². The number of hydrogen-bond acceptors (Lipinski definition) is 2. The molecule has 0 aliphatic heterocycles. The number of hydrogen-bond donors (Lipinski definition) is 2. The molecule has 1 saturated carbocycles. The van der Waals surface area contributed by atoms with Crippen molar-refractivity contribution in [2.45, 2.75) is 31.9 Å². The van der Waals surface area contributed by atoms with Crippen molar-refractivity contribution in [3.05, 3.63) is 34.1 Å². The van der Waals surface area contributed by atoms with E-state index in [2.05, 4.69) is 28.2 Å². The zero-order valence-electron chi connectivity index (χ0n) is 9.79. The number of aliphatic hydroxyl groups excluding tert-OH is 1. The summed E-state index contributed by atoms with van der Waals surface area (Å²) < 4.78 is 13.6. The third kappa shape index (κ3) is 3.27. The van der Waals surface area contributed by atoms with Gasteiger partial charge in [-0.05, 0) is 65.9 Å². The molecule has 1 unspecified atom stereocenters. The van der Waals surface area contributed by atoms with Crippen LogP contribution in [-0.4, -0.2) is 17.8 Å². The molecule has 0 amide bonds. The molecule has 1 atom stereocenters. The van der Waals surface area contributed by atoms with Gasteiger partial charge in [0.1, 0.15) is 5.82 Å². The van der Waals surface area contributed by atoms with Gasteiger partial charge in [0, 0.05) is 6.04 Å². The molecule has 1 aromatic rings. The van der Waals surface area contributed by atoms with Gasteiger partial charge in [-0.25, -0.2) is 4.39 Å². The molecule has 0 bridgehead atoms. The molecule has 2 nitrogen and oxygen atoms in total. The van der Waals surface area contributed by atoms with Crippen LogP contribution in [-0.2, 0) is 0 Å². The number of nitrogens with one attached hydrogen (secondary N) is 1. The van der Waals surface area contributed by atoms with E-state index < -0.39 is 0 Å². The molecule has 1 fully saturated rings. The normalized spacial score (nSPS) is 25.4. The second-order valence-electron chi connectivity index (χ2n) is 4.79. The lowest BCUT2D eigenvalue weighted by Gasteiger charge is -2.32. The zero-order valence-corrected chi connectivity index (χ0v) is 11.4. The van der Waals surface area contributed by atoms with Crippen LogP contribution in [0.2, 0.25) is 0 Å². The van der Waals surface area contributed by atoms with E-state index in [0.29, 0.717) is 10.4 Å². The van der Waals surface area contributed by atoms with Crippen LogP contribution in [0.1, 0.15) is 31.4 Å². The zero-order chi connectivity index (χ0) is 12.4. The Hall–Kier alpha value is -0.450. The summed E-state index contributed by atoms with van der Waals surface area (Å²) in [6, 6.07) is 5.28. The standard InChI is InChI=1S/C13H17BrFNO/c1-8(16-7-9-4-11(17)5-9)10-2-3-13(15)12(14)6-10/h2-3,6,8-9,11,16-17H,4-5,7H2,1H3. The van der Waals surface area contributed by atoms with Crippen LogP contribution < -0.4 is 5.32 Å². The quantitative estimate of drug-likeness (QED) is 0.896. The summed E-state index contributed by atoms with van der Waals surface area (Å²) in [7, 11) is 0. The summed E-state index contributed by atoms with van der Waals surface area (Å²) >= 11 is 3.19. The highest BCUT2D eigenvalue weighted by molar-refractivity contribution is 9.10. The fraction of sp³-hybridized carbons (Fsp3) is 0.538. The van der Waals surface area contributed by atoms with Gasteiger partial charge in [0.15, 0.2) is 0 Å². The molecular formula is C13H17BrFNO. The van der Waals surface area contributed by atoms with Crippen molar-refractivity contribution < 1.29 is 9.50 Å². The maximum absolute atomic E-state index is 13.1. The van der Waals surface area contributed by atoms with Crippen LogP contribution in [0.3, 0.4) is 0 Å². The Kier molecular flexibility index (Phi) is 4.17. The molecule has 1 aliphatic rings. The molecule has 1 aliphatic carbocycles. The van der Waals surface area contributed by atoms with Crippen molar-refractivity contribution in [2.24, 2.45) is 5.92 Å². The summed E-state index contributed by atoms with van der Waals surface area (Å²) in [5.74, 6) is 0.347. The van der Waals surface area contributed by atoms with Crippen LogP contribution in [0.25, 0.3) is 0 Å². The Morgan fingerprint density at radius 3 is 2.82 bits per heavy atom. The van der Waals surface area contributed by atoms with Crippen LogP contribution in [0.15, 0.2) is 22.7 Å². The van der Waals surface area contributed by atoms with E-state index in [9.17, 15) is 9.50 Å². The molecule has 0 aromatic heterocycles. The summed E-state index contributed by atoms with van der Waals surface area (Å²) in [5, 5.41) is 12.6. The number of halogens is 2. The molecule has 0 heterocycles. The minimum absolute atomic E-state index is 0.0999. The van der Waals surface area contributed by atoms with Crippen molar-refractivity contribution >= 4 is 15.9 Å². The van der Waals surface area contributed by atoms with Crippen LogP contribution >= 0.6 is 15.9 Å². The molecule has 94 valence electrons. The maximum atomic E-state index is 13.1. The van der Waals surface area contributed by atoms with Crippen molar-refractivity contribution in [1.29, 1.82) is 0 Å². The predicted molar refractivity (Wildman–Crippen MR) is 69.2 cm³/mol. The fourth-order valence-corrected chi connectivity index (χ4v) is 2.51. The Morgan fingerprint density at radius 2 is 2.24 bits per heavy atom. The van der Waals surface area contributed by atoms with Gasteiger partial charge in [0.25, 0.3) is 0 Å². The predicted octanol–water partition coefficient (Wildman–Crippen LogP) is 3.01. The third-order valence-electron chi connectivity index (χ3n) is 3.37. The lowest BCUT2D eigenvalue weighted by molar-refractivity contribution is 0.0420. The van der Waals surface area contributed by atoms with Crippen LogP contribution in [0, 0.1) is 11.7 Å². The molecule has 0 spiro atoms. The second-order valence-corrected chi connectivity index (χ2v) is 5.65. The number of benzene rings is 1. The largest absolute Gasteiger partial charge is 0.393 e. The summed E-state index contributed by atoms with van der Waals surface area (Å²) in [5.41, 5.74) is 1.07. The first-order valence-corrected chi connectivity index (χ1v) is 6.72. The fourth-order valence-electron chi connectivity index (χ4n) is 2.11. The van der Waals surface area contributed by atoms with E-state index in [0.717, 1.165) is 24.9 Å². The molecular weight excluding hydrogens is 285 g/mol. The summed E-state index contributed by atoms with van der Waals surface area (Å²) in [6.07, 6.45) is 1.69. The first-order chi connectivity index (χ1) is 8.06. The van der Waals surface area contributed by atoms with Crippen molar-refractivity contribution in [3.8, 4) is 0 Å². The van der Waals surface area contributed by atoms with E-state index in [1.54, 1.807) is 6.07 Å². The third-order valence-corrected chi connectivity index (χ3v) is 3.97.